The fourth-order valence-electron chi connectivity index (χ4n) is 0.590. The molecule has 0 aromatic rings. The molecule has 0 bridgehead atoms. The average molecular weight is 199 g/mol. The molecule has 0 aliphatic rings. The SMILES string of the molecule is C#CC(C)(O)COC(=O)NC(C)(C)C. The summed E-state index contributed by atoms with van der Waals surface area (Å²) >= 11 is 0. The number of aliphatic hydroxyl groups is 1. The molecule has 4 nitrogen and oxygen atoms in total. The minimum Gasteiger partial charge on any atom is -0.445 e. The van der Waals surface area contributed by atoms with Crippen LogP contribution in [0.15, 0.2) is 0 Å². The molecule has 2 N–H and O–H groups in total. The van der Waals surface area contributed by atoms with E-state index in [4.69, 9.17) is 11.2 Å². The van der Waals surface area contributed by atoms with Crippen molar-refractivity contribution < 1.29 is 14.6 Å². The number of nitrogens with one attached hydrogen (secondary N) is 1. The van der Waals surface area contributed by atoms with E-state index in [1.807, 2.05) is 20.8 Å². The lowest BCUT2D eigenvalue weighted by molar-refractivity contribution is 0.0328. The third-order valence-corrected chi connectivity index (χ3v) is 1.27. The fourth-order valence-corrected chi connectivity index (χ4v) is 0.590. The van der Waals surface area contributed by atoms with Crippen LogP contribution >= 0.6 is 0 Å². The van der Waals surface area contributed by atoms with Crippen LogP contribution in [0.1, 0.15) is 27.7 Å². The maximum atomic E-state index is 11.1. The third kappa shape index (κ3) is 6.32. The minimum atomic E-state index is -1.41. The van der Waals surface area contributed by atoms with Crippen molar-refractivity contribution in [2.24, 2.45) is 0 Å². The second kappa shape index (κ2) is 4.34. The van der Waals surface area contributed by atoms with Gasteiger partial charge in [-0.05, 0) is 27.7 Å². The molecule has 14 heavy (non-hydrogen) atoms. The topological polar surface area (TPSA) is 58.6 Å². The highest BCUT2D eigenvalue weighted by Gasteiger charge is 2.21. The van der Waals surface area contributed by atoms with Crippen LogP contribution in [0.4, 0.5) is 4.79 Å². The largest absolute Gasteiger partial charge is 0.445 e. The van der Waals surface area contributed by atoms with E-state index >= 15 is 0 Å². The number of terminal acetylenes is 1. The van der Waals surface area contributed by atoms with E-state index < -0.39 is 11.7 Å². The smallest absolute Gasteiger partial charge is 0.407 e. The highest BCUT2D eigenvalue weighted by molar-refractivity contribution is 5.68. The number of carbonyl (C=O) groups excluding carboxylic acids is 1. The van der Waals surface area contributed by atoms with Gasteiger partial charge in [0, 0.05) is 5.54 Å². The maximum Gasteiger partial charge on any atom is 0.407 e. The average Bonchev–Trinajstić information content (AvgIpc) is 1.98. The van der Waals surface area contributed by atoms with Crippen molar-refractivity contribution in [1.82, 2.24) is 5.32 Å². The molecule has 4 heteroatoms. The predicted molar refractivity (Wildman–Crippen MR) is 53.7 cm³/mol. The monoisotopic (exact) mass is 199 g/mol. The minimum absolute atomic E-state index is 0.217. The molecular weight excluding hydrogens is 182 g/mol. The first-order valence-corrected chi connectivity index (χ1v) is 4.31. The van der Waals surface area contributed by atoms with E-state index in [9.17, 15) is 9.90 Å². The Hall–Kier alpha value is -1.21. The lowest BCUT2D eigenvalue weighted by Crippen LogP contribution is -2.43. The zero-order valence-corrected chi connectivity index (χ0v) is 9.05. The summed E-state index contributed by atoms with van der Waals surface area (Å²) in [4.78, 5) is 11.1. The summed E-state index contributed by atoms with van der Waals surface area (Å²) in [7, 11) is 0. The lowest BCUT2D eigenvalue weighted by atomic mass is 10.1. The highest BCUT2D eigenvalue weighted by atomic mass is 16.6. The van der Waals surface area contributed by atoms with Crippen molar-refractivity contribution in [2.45, 2.75) is 38.8 Å². The van der Waals surface area contributed by atoms with Crippen molar-refractivity contribution in [2.75, 3.05) is 6.61 Å². The highest BCUT2D eigenvalue weighted by Crippen LogP contribution is 2.03. The number of ether oxygens (including phenoxy) is 1. The molecule has 0 aliphatic carbocycles. The lowest BCUT2D eigenvalue weighted by Gasteiger charge is -2.22. The first-order valence-electron chi connectivity index (χ1n) is 4.31. The number of hydrogen-bond donors (Lipinski definition) is 2. The van der Waals surface area contributed by atoms with Gasteiger partial charge in [0.05, 0.1) is 0 Å². The maximum absolute atomic E-state index is 11.1. The van der Waals surface area contributed by atoms with Gasteiger partial charge >= 0.3 is 6.09 Å². The summed E-state index contributed by atoms with van der Waals surface area (Å²) in [6, 6.07) is 0. The molecule has 0 saturated heterocycles. The van der Waals surface area contributed by atoms with Crippen LogP contribution in [0.2, 0.25) is 0 Å². The zero-order chi connectivity index (χ0) is 11.4. The molecule has 0 spiro atoms. The Morgan fingerprint density at radius 1 is 1.50 bits per heavy atom. The molecular formula is C10H17NO3. The van der Waals surface area contributed by atoms with Crippen LogP contribution in [0, 0.1) is 12.3 Å². The number of rotatable bonds is 2. The molecule has 0 rings (SSSR count). The van der Waals surface area contributed by atoms with Crippen molar-refractivity contribution in [3.05, 3.63) is 0 Å². The normalized spacial score (nSPS) is 15.1. The molecule has 0 radical (unpaired) electrons. The van der Waals surface area contributed by atoms with Crippen molar-refractivity contribution >= 4 is 6.09 Å². The summed E-state index contributed by atoms with van der Waals surface area (Å²) in [5, 5.41) is 11.9. The number of hydrogen-bond acceptors (Lipinski definition) is 3. The first kappa shape index (κ1) is 12.8. The Balaban J connectivity index is 3.95. The van der Waals surface area contributed by atoms with E-state index in [1.54, 1.807) is 0 Å². The molecule has 80 valence electrons. The van der Waals surface area contributed by atoms with Crippen molar-refractivity contribution in [3.63, 3.8) is 0 Å². The molecule has 0 aromatic heterocycles. The van der Waals surface area contributed by atoms with Crippen LogP contribution in [0.3, 0.4) is 0 Å². The quantitative estimate of drug-likeness (QED) is 0.649. The molecule has 0 aromatic carbocycles. The Morgan fingerprint density at radius 2 is 2.00 bits per heavy atom. The van der Waals surface area contributed by atoms with Gasteiger partial charge in [0.1, 0.15) is 6.61 Å². The van der Waals surface area contributed by atoms with Crippen LogP contribution in [0.25, 0.3) is 0 Å². The number of alkyl carbamates (subject to hydrolysis) is 1. The van der Waals surface area contributed by atoms with Crippen LogP contribution in [0.5, 0.6) is 0 Å². The van der Waals surface area contributed by atoms with E-state index in [1.165, 1.54) is 6.92 Å². The van der Waals surface area contributed by atoms with E-state index in [0.717, 1.165) is 0 Å². The summed E-state index contributed by atoms with van der Waals surface area (Å²) in [5.74, 6) is 2.11. The van der Waals surface area contributed by atoms with Crippen LogP contribution < -0.4 is 5.32 Å². The van der Waals surface area contributed by atoms with Gasteiger partial charge in [-0.1, -0.05) is 5.92 Å². The summed E-state index contributed by atoms with van der Waals surface area (Å²) < 4.78 is 4.73. The molecule has 0 heterocycles. The van der Waals surface area contributed by atoms with E-state index in [0.29, 0.717) is 0 Å². The van der Waals surface area contributed by atoms with Gasteiger partial charge in [-0.25, -0.2) is 4.79 Å². The Morgan fingerprint density at radius 3 is 2.36 bits per heavy atom. The third-order valence-electron chi connectivity index (χ3n) is 1.27. The van der Waals surface area contributed by atoms with Crippen LogP contribution in [-0.2, 0) is 4.74 Å². The van der Waals surface area contributed by atoms with Crippen LogP contribution in [-0.4, -0.2) is 28.9 Å². The molecule has 0 aliphatic heterocycles. The van der Waals surface area contributed by atoms with E-state index in [2.05, 4.69) is 11.2 Å². The standard InChI is InChI=1S/C10H17NO3/c1-6-10(5,13)7-14-8(12)11-9(2,3)4/h1,13H,7H2,2-5H3,(H,11,12). The number of carbonyl (C=O) groups is 1. The molecule has 1 atom stereocenters. The van der Waals surface area contributed by atoms with Crippen molar-refractivity contribution in [3.8, 4) is 12.3 Å². The predicted octanol–water partition coefficient (Wildman–Crippen LogP) is 0.895. The number of amides is 1. The Labute approximate surface area is 84.6 Å². The first-order chi connectivity index (χ1) is 6.16. The van der Waals surface area contributed by atoms with Gasteiger partial charge in [-0.15, -0.1) is 6.42 Å². The zero-order valence-electron chi connectivity index (χ0n) is 9.05. The van der Waals surface area contributed by atoms with Gasteiger partial charge < -0.3 is 15.2 Å². The Kier molecular flexibility index (Phi) is 3.96. The van der Waals surface area contributed by atoms with Gasteiger partial charge in [-0.3, -0.25) is 0 Å². The molecule has 0 fully saturated rings. The molecule has 1 unspecified atom stereocenters. The Bertz CT molecular complexity index is 245. The van der Waals surface area contributed by atoms with Crippen molar-refractivity contribution in [1.29, 1.82) is 0 Å². The summed E-state index contributed by atoms with van der Waals surface area (Å²) in [6.07, 6.45) is 4.42. The molecule has 1 amide bonds. The second-order valence-electron chi connectivity index (χ2n) is 4.37. The summed E-state index contributed by atoms with van der Waals surface area (Å²) in [5.41, 5.74) is -1.77. The summed E-state index contributed by atoms with van der Waals surface area (Å²) in [6.45, 7) is 6.66. The van der Waals surface area contributed by atoms with E-state index in [-0.39, 0.29) is 12.1 Å². The molecule has 0 saturated carbocycles. The fraction of sp³-hybridized carbons (Fsp3) is 0.700. The van der Waals surface area contributed by atoms with Gasteiger partial charge in [0.2, 0.25) is 0 Å². The van der Waals surface area contributed by atoms with Gasteiger partial charge in [0.25, 0.3) is 0 Å². The second-order valence-corrected chi connectivity index (χ2v) is 4.37. The van der Waals surface area contributed by atoms with Gasteiger partial charge in [-0.2, -0.15) is 0 Å². The van der Waals surface area contributed by atoms with Gasteiger partial charge in [0.15, 0.2) is 5.60 Å².